The number of nitriles is 2. The third-order valence-electron chi connectivity index (χ3n) is 18.6. The summed E-state index contributed by atoms with van der Waals surface area (Å²) < 4.78 is 68.2. The van der Waals surface area contributed by atoms with Gasteiger partial charge >= 0.3 is 35.5 Å². The molecule has 4 aromatic heterocycles. The van der Waals surface area contributed by atoms with Crippen molar-refractivity contribution in [2.75, 3.05) is 171 Å². The van der Waals surface area contributed by atoms with Crippen LogP contribution in [-0.2, 0) is 65.6 Å². The molecule has 10 aromatic rings. The molecule has 26 heteroatoms. The van der Waals surface area contributed by atoms with Crippen LogP contribution in [0.5, 0.6) is 23.0 Å². The third-order valence-corrected chi connectivity index (χ3v) is 18.6. The molecular formula is C92H110FN12NaO11S. The Bertz CT molecular complexity index is 4470. The molecule has 0 bridgehead atoms. The Morgan fingerprint density at radius 1 is 0.466 bits per heavy atom. The summed E-state index contributed by atoms with van der Waals surface area (Å²) in [6.45, 7) is 23.2. The maximum atomic E-state index is 12.8. The average molecular weight is 1640 g/mol. The Hall–Kier alpha value is -10.0. The number of hydrogen-bond acceptors (Lipinski definition) is 23. The number of nitrogens with zero attached hydrogens (tertiary/aromatic N) is 10. The molecule has 4 saturated heterocycles. The predicted octanol–water partition coefficient (Wildman–Crippen LogP) is 9.96. The van der Waals surface area contributed by atoms with E-state index in [-0.39, 0.29) is 61.9 Å². The van der Waals surface area contributed by atoms with Gasteiger partial charge in [-0.05, 0) is 118 Å². The monoisotopic (exact) mass is 1630 g/mol. The van der Waals surface area contributed by atoms with Crippen molar-refractivity contribution in [3.05, 3.63) is 265 Å². The average Bonchev–Trinajstić information content (AvgIpc) is 0.864. The Balaban J connectivity index is 0.000000235. The second kappa shape index (κ2) is 57.1. The van der Waals surface area contributed by atoms with Gasteiger partial charge in [0.1, 0.15) is 49.4 Å². The van der Waals surface area contributed by atoms with Crippen molar-refractivity contribution in [1.82, 2.24) is 44.9 Å². The van der Waals surface area contributed by atoms with Crippen molar-refractivity contribution in [3.8, 4) is 79.6 Å². The van der Waals surface area contributed by atoms with Crippen LogP contribution in [-0.4, -0.2) is 223 Å². The minimum Gasteiger partial charge on any atom is -1.00 e. The van der Waals surface area contributed by atoms with Crippen molar-refractivity contribution in [3.63, 3.8) is 0 Å². The van der Waals surface area contributed by atoms with Gasteiger partial charge < -0.3 is 55.1 Å². The van der Waals surface area contributed by atoms with Crippen LogP contribution in [0.1, 0.15) is 37.9 Å². The number of amides is 1. The molecule has 0 spiro atoms. The summed E-state index contributed by atoms with van der Waals surface area (Å²) in [6.07, 6.45) is 7.91. The van der Waals surface area contributed by atoms with E-state index in [4.69, 9.17) is 55.5 Å². The molecule has 23 nitrogen and oxygen atoms in total. The van der Waals surface area contributed by atoms with Crippen molar-refractivity contribution in [1.29, 1.82) is 10.5 Å². The number of methoxy groups -OCH3 is 1. The van der Waals surface area contributed by atoms with Crippen LogP contribution in [0.4, 0.5) is 4.39 Å². The molecule has 618 valence electrons. The van der Waals surface area contributed by atoms with Gasteiger partial charge in [0.2, 0.25) is 11.9 Å². The Morgan fingerprint density at radius 2 is 0.763 bits per heavy atom. The van der Waals surface area contributed by atoms with E-state index in [0.29, 0.717) is 51.6 Å². The fraction of sp³-hybridized carbons (Fsp3) is 0.348. The van der Waals surface area contributed by atoms with Gasteiger partial charge in [0.05, 0.1) is 103 Å². The van der Waals surface area contributed by atoms with Gasteiger partial charge in [-0.15, -0.1) is 0 Å². The minimum absolute atomic E-state index is 0. The number of halogens is 1. The van der Waals surface area contributed by atoms with Crippen LogP contribution in [0.3, 0.4) is 0 Å². The molecule has 4 aliphatic heterocycles. The molecule has 14 rings (SSSR count). The fourth-order valence-electron chi connectivity index (χ4n) is 12.0. The molecule has 4 fully saturated rings. The largest absolute Gasteiger partial charge is 1.00 e. The third kappa shape index (κ3) is 36.9. The first-order valence-corrected chi connectivity index (χ1v) is 39.9. The second-order valence-electron chi connectivity index (χ2n) is 26.7. The Kier molecular flexibility index (Phi) is 45.3. The van der Waals surface area contributed by atoms with Gasteiger partial charge in [0.15, 0.2) is 0 Å². The van der Waals surface area contributed by atoms with Gasteiger partial charge in [-0.3, -0.25) is 44.1 Å². The molecule has 0 atom stereocenters. The molecule has 0 unspecified atom stereocenters. The van der Waals surface area contributed by atoms with Gasteiger partial charge in [-0.2, -0.15) is 27.5 Å². The molecule has 1 amide bonds. The SMILES string of the molecule is CC#N.COC(=O)Cc1ccc(-c2ccc(OCCN3CCOCC3)cc2)cn1.Fc1ccc(-c2ccc(OCCN3CCOCC3)cc2)cn1.N#CCc1ccc(-c2ccc(OCCN3CCOCC3)cc2)cn1.NCc1ccccc1.O=C(Cc1ccc(-c2ccc(OCCN3CCOCC3)cc2)cn1)NCc1ccccc1.[2H]CS.[H-].[Na+]. The van der Waals surface area contributed by atoms with E-state index in [1.165, 1.54) is 31.9 Å². The zero-order valence-corrected chi connectivity index (χ0v) is 70.9. The molecule has 4 aliphatic rings. The number of thiol groups is 1. The van der Waals surface area contributed by atoms with E-state index < -0.39 is 5.95 Å². The standard InChI is InChI=1S/C26H29N3O3.C20H24N2O4.C19H21N3O2.C17H19FN2O2.C7H9N.C2H3N.CH4S.Na.H/c30-26(28-19-21-4-2-1-3-5-21)18-24-9-6-23(20-27-24)22-7-10-25(11-8-22)32-17-14-29-12-15-31-16-13-29;1-24-20(23)14-18-5-2-17(15-21-18)16-3-6-19(7-4-16)26-13-10-22-8-11-25-12-9-22;20-8-7-18-4-1-17(15-21-18)16-2-5-19(6-3-16)24-14-11-22-9-12-23-13-10-22;18-17-6-3-15(13-19-17)14-1-4-16(5-2-14)22-12-9-20-7-10-21-11-8-20;8-6-7-4-2-1-3-5-7;1-2-3;1-2;;/h1-11,20H,12-19H2,(H,28,30);2-7,15H,8-14H2,1H3;1-6,15H,7,9-14H2;1-6,13H,7-12H2;1-5H,6,8H2;1H3;2H,1H3;;/q;;;;;;;+1;-1/i;;;;;;1D;;. The number of nitrogens with two attached hydrogens (primary N) is 1. The topological polar surface area (TPSA) is 267 Å². The van der Waals surface area contributed by atoms with Crippen LogP contribution in [0, 0.1) is 28.6 Å². The number of carbonyl (C=O) groups excluding carboxylic acids is 2. The first-order chi connectivity index (χ1) is 57.9. The number of aromatic nitrogens is 4. The number of carbonyl (C=O) groups is 2. The van der Waals surface area contributed by atoms with Crippen LogP contribution >= 0.6 is 12.6 Å². The maximum Gasteiger partial charge on any atom is 1.00 e. The van der Waals surface area contributed by atoms with Crippen molar-refractivity contribution < 1.29 is 89.0 Å². The zero-order valence-electron chi connectivity index (χ0n) is 70.0. The van der Waals surface area contributed by atoms with E-state index in [1.54, 1.807) is 24.5 Å². The van der Waals surface area contributed by atoms with Crippen LogP contribution in [0.2, 0.25) is 0 Å². The molecular weight excluding hydrogens is 1520 g/mol. The summed E-state index contributed by atoms with van der Waals surface area (Å²) >= 11 is 3.46. The number of pyridine rings is 4. The maximum absolute atomic E-state index is 12.8. The minimum atomic E-state index is -0.466. The molecule has 3 N–H and O–H groups in total. The van der Waals surface area contributed by atoms with E-state index in [1.807, 2.05) is 200 Å². The number of esters is 1. The Morgan fingerprint density at radius 3 is 1.04 bits per heavy atom. The molecule has 6 aromatic carbocycles. The normalized spacial score (nSPS) is 13.9. The van der Waals surface area contributed by atoms with Gasteiger partial charge in [0, 0.05) is 153 Å². The predicted molar refractivity (Wildman–Crippen MR) is 458 cm³/mol. The Labute approximate surface area is 725 Å². The number of nitrogens with one attached hydrogen (secondary N) is 1. The second-order valence-corrected chi connectivity index (χ2v) is 26.7. The summed E-state index contributed by atoms with van der Waals surface area (Å²) in [4.78, 5) is 49.6. The number of morpholine rings is 4. The van der Waals surface area contributed by atoms with Gasteiger partial charge in [-0.25, -0.2) is 4.98 Å². The summed E-state index contributed by atoms with van der Waals surface area (Å²) in [5.74, 6) is 2.65. The summed E-state index contributed by atoms with van der Waals surface area (Å²) in [6, 6.07) is 70.2. The smallest absolute Gasteiger partial charge is 1.00 e. The number of benzene rings is 6. The summed E-state index contributed by atoms with van der Waals surface area (Å²) in [5.41, 5.74) is 18.0. The number of rotatable bonds is 28. The molecule has 0 radical (unpaired) electrons. The number of hydrogen-bond donors (Lipinski definition) is 3. The fourth-order valence-corrected chi connectivity index (χ4v) is 12.0. The van der Waals surface area contributed by atoms with Gasteiger partial charge in [0.25, 0.3) is 0 Å². The quantitative estimate of drug-likeness (QED) is 0.0178. The van der Waals surface area contributed by atoms with Crippen LogP contribution in [0.25, 0.3) is 44.5 Å². The van der Waals surface area contributed by atoms with E-state index >= 15 is 0 Å². The summed E-state index contributed by atoms with van der Waals surface area (Å²) in [5, 5.41) is 18.9. The zero-order chi connectivity index (χ0) is 83.3. The number of ether oxygens (including phenoxy) is 9. The summed E-state index contributed by atoms with van der Waals surface area (Å²) in [7, 11) is 1.38. The molecule has 0 saturated carbocycles. The van der Waals surface area contributed by atoms with Crippen molar-refractivity contribution >= 4 is 24.5 Å². The van der Waals surface area contributed by atoms with Crippen LogP contribution in [0.15, 0.2) is 231 Å². The molecule has 118 heavy (non-hydrogen) atoms. The van der Waals surface area contributed by atoms with Crippen LogP contribution < -0.4 is 59.6 Å². The van der Waals surface area contributed by atoms with Gasteiger partial charge in [-0.1, -0.05) is 127 Å². The molecule has 8 heterocycles. The van der Waals surface area contributed by atoms with E-state index in [9.17, 15) is 14.0 Å². The molecule has 0 aliphatic carbocycles. The van der Waals surface area contributed by atoms with E-state index in [2.05, 4.69) is 68.3 Å². The first-order valence-electron chi connectivity index (χ1n) is 39.9. The first kappa shape index (κ1) is 93.5. The van der Waals surface area contributed by atoms with Crippen molar-refractivity contribution in [2.24, 2.45) is 5.73 Å². The van der Waals surface area contributed by atoms with Crippen molar-refractivity contribution in [2.45, 2.75) is 39.3 Å². The van der Waals surface area contributed by atoms with E-state index in [0.717, 1.165) is 216 Å².